The lowest BCUT2D eigenvalue weighted by atomic mass is 10.0. The Morgan fingerprint density at radius 1 is 1.20 bits per heavy atom. The van der Waals surface area contributed by atoms with Crippen molar-refractivity contribution in [3.05, 3.63) is 41.6 Å². The molecule has 0 atom stereocenters. The minimum Gasteiger partial charge on any atom is -0.469 e. The predicted octanol–water partition coefficient (Wildman–Crippen LogP) is 2.53. The summed E-state index contributed by atoms with van der Waals surface area (Å²) in [6, 6.07) is 5.50. The fourth-order valence-electron chi connectivity index (χ4n) is 1.98. The van der Waals surface area contributed by atoms with E-state index >= 15 is 0 Å². The van der Waals surface area contributed by atoms with Gasteiger partial charge in [0, 0.05) is 17.1 Å². The van der Waals surface area contributed by atoms with Gasteiger partial charge in [0.2, 0.25) is 0 Å². The first-order valence-electron chi connectivity index (χ1n) is 6.09. The molecule has 0 saturated carbocycles. The van der Waals surface area contributed by atoms with E-state index in [9.17, 15) is 9.59 Å². The Morgan fingerprint density at radius 2 is 2.00 bits per heavy atom. The fourth-order valence-corrected chi connectivity index (χ4v) is 1.98. The molecule has 0 radical (unpaired) electrons. The minimum atomic E-state index is -0.409. The second kappa shape index (κ2) is 6.06. The van der Waals surface area contributed by atoms with Crippen LogP contribution in [-0.4, -0.2) is 31.1 Å². The number of H-pyrrole nitrogens is 1. The molecule has 0 bridgehead atoms. The minimum absolute atomic E-state index is 0.155. The number of esters is 2. The number of carbonyl (C=O) groups is 2. The van der Waals surface area contributed by atoms with Gasteiger partial charge in [0.15, 0.2) is 0 Å². The Hall–Kier alpha value is -2.56. The number of hydrogen-bond acceptors (Lipinski definition) is 4. The van der Waals surface area contributed by atoms with E-state index in [1.807, 2.05) is 12.1 Å². The summed E-state index contributed by atoms with van der Waals surface area (Å²) in [6.45, 7) is 0. The summed E-state index contributed by atoms with van der Waals surface area (Å²) >= 11 is 0. The van der Waals surface area contributed by atoms with Crippen molar-refractivity contribution in [3.8, 4) is 0 Å². The normalized spacial score (nSPS) is 10.9. The number of aromatic nitrogens is 1. The number of ether oxygens (including phenoxy) is 2. The van der Waals surface area contributed by atoms with Gasteiger partial charge in [0.1, 0.15) is 0 Å². The summed E-state index contributed by atoms with van der Waals surface area (Å²) in [5.74, 6) is -0.739. The van der Waals surface area contributed by atoms with Crippen LogP contribution in [0.3, 0.4) is 0 Å². The number of rotatable bonds is 4. The maximum Gasteiger partial charge on any atom is 0.339 e. The molecule has 1 N–H and O–H groups in total. The lowest BCUT2D eigenvalue weighted by molar-refractivity contribution is -0.139. The van der Waals surface area contributed by atoms with E-state index in [1.54, 1.807) is 24.4 Å². The number of methoxy groups -OCH3 is 2. The smallest absolute Gasteiger partial charge is 0.339 e. The van der Waals surface area contributed by atoms with E-state index in [2.05, 4.69) is 9.72 Å². The molecule has 1 heterocycles. The van der Waals surface area contributed by atoms with Crippen molar-refractivity contribution in [2.75, 3.05) is 14.2 Å². The van der Waals surface area contributed by atoms with Gasteiger partial charge in [-0.25, -0.2) is 4.79 Å². The maximum absolute atomic E-state index is 11.9. The fraction of sp³-hybridized carbons (Fsp3) is 0.200. The summed E-state index contributed by atoms with van der Waals surface area (Å²) in [6.07, 6.45) is 5.29. The monoisotopic (exact) mass is 273 g/mol. The van der Waals surface area contributed by atoms with Gasteiger partial charge in [-0.2, -0.15) is 0 Å². The molecule has 2 aromatic rings. The number of aromatic amines is 1. The Balaban J connectivity index is 2.41. The van der Waals surface area contributed by atoms with Gasteiger partial charge in [0.25, 0.3) is 0 Å². The molecule has 0 aliphatic rings. The molecule has 0 fully saturated rings. The molecular weight excluding hydrogens is 258 g/mol. The third kappa shape index (κ3) is 2.71. The summed E-state index contributed by atoms with van der Waals surface area (Å²) < 4.78 is 9.38. The summed E-state index contributed by atoms with van der Waals surface area (Å²) in [4.78, 5) is 26.1. The first-order chi connectivity index (χ1) is 9.67. The van der Waals surface area contributed by atoms with Crippen LogP contribution >= 0.6 is 0 Å². The third-order valence-electron chi connectivity index (χ3n) is 2.97. The van der Waals surface area contributed by atoms with Crippen LogP contribution in [0.4, 0.5) is 0 Å². The van der Waals surface area contributed by atoms with Crippen LogP contribution in [0.1, 0.15) is 22.3 Å². The van der Waals surface area contributed by atoms with Crippen molar-refractivity contribution in [1.82, 2.24) is 4.98 Å². The van der Waals surface area contributed by atoms with Crippen LogP contribution in [0, 0.1) is 0 Å². The lowest BCUT2D eigenvalue weighted by Crippen LogP contribution is -2.04. The van der Waals surface area contributed by atoms with Crippen molar-refractivity contribution in [2.24, 2.45) is 0 Å². The van der Waals surface area contributed by atoms with E-state index in [1.165, 1.54) is 14.2 Å². The van der Waals surface area contributed by atoms with Gasteiger partial charge in [-0.15, -0.1) is 0 Å². The molecule has 0 spiro atoms. The van der Waals surface area contributed by atoms with Gasteiger partial charge >= 0.3 is 11.9 Å². The van der Waals surface area contributed by atoms with Gasteiger partial charge in [-0.05, 0) is 17.7 Å². The van der Waals surface area contributed by atoms with E-state index < -0.39 is 5.97 Å². The standard InChI is InChI=1S/C15H15NO4/c1-19-13(17)5-3-4-10-6-7-12-11(8-9-16-12)14(10)15(18)20-2/h3-4,6-9,16H,5H2,1-2H3/b4-3+. The first-order valence-corrected chi connectivity index (χ1v) is 6.09. The largest absolute Gasteiger partial charge is 0.469 e. The van der Waals surface area contributed by atoms with Crippen molar-refractivity contribution >= 4 is 28.9 Å². The molecule has 0 aliphatic heterocycles. The molecule has 1 aromatic heterocycles. The maximum atomic E-state index is 11.9. The molecule has 0 amide bonds. The van der Waals surface area contributed by atoms with Crippen LogP contribution < -0.4 is 0 Å². The summed E-state index contributed by atoms with van der Waals surface area (Å²) in [5.41, 5.74) is 2.04. The van der Waals surface area contributed by atoms with Crippen LogP contribution in [-0.2, 0) is 14.3 Å². The molecule has 0 aliphatic carbocycles. The average Bonchev–Trinajstić information content (AvgIpc) is 2.94. The third-order valence-corrected chi connectivity index (χ3v) is 2.97. The van der Waals surface area contributed by atoms with E-state index in [0.29, 0.717) is 11.1 Å². The predicted molar refractivity (Wildman–Crippen MR) is 75.3 cm³/mol. The highest BCUT2D eigenvalue weighted by Crippen LogP contribution is 2.23. The Labute approximate surface area is 116 Å². The SMILES string of the molecule is COC(=O)C/C=C/c1ccc2[nH]ccc2c1C(=O)OC. The molecule has 5 nitrogen and oxygen atoms in total. The quantitative estimate of drug-likeness (QED) is 0.869. The van der Waals surface area contributed by atoms with Gasteiger partial charge in [-0.1, -0.05) is 18.2 Å². The highest BCUT2D eigenvalue weighted by atomic mass is 16.5. The average molecular weight is 273 g/mol. The van der Waals surface area contributed by atoms with Gasteiger partial charge < -0.3 is 14.5 Å². The highest BCUT2D eigenvalue weighted by molar-refractivity contribution is 6.07. The number of fused-ring (bicyclic) bond motifs is 1. The Bertz CT molecular complexity index is 670. The van der Waals surface area contributed by atoms with Crippen molar-refractivity contribution in [1.29, 1.82) is 0 Å². The lowest BCUT2D eigenvalue weighted by Gasteiger charge is -2.06. The summed E-state index contributed by atoms with van der Waals surface area (Å²) in [7, 11) is 2.68. The first kappa shape index (κ1) is 13.9. The number of benzene rings is 1. The zero-order valence-electron chi connectivity index (χ0n) is 11.3. The number of hydrogen-bond donors (Lipinski definition) is 1. The Morgan fingerprint density at radius 3 is 2.70 bits per heavy atom. The number of nitrogens with one attached hydrogen (secondary N) is 1. The second-order valence-corrected chi connectivity index (χ2v) is 4.14. The van der Waals surface area contributed by atoms with Crippen LogP contribution in [0.15, 0.2) is 30.5 Å². The van der Waals surface area contributed by atoms with Crippen LogP contribution in [0.25, 0.3) is 17.0 Å². The van der Waals surface area contributed by atoms with E-state index in [-0.39, 0.29) is 12.4 Å². The second-order valence-electron chi connectivity index (χ2n) is 4.14. The Kier molecular flexibility index (Phi) is 4.20. The topological polar surface area (TPSA) is 68.4 Å². The van der Waals surface area contributed by atoms with Crippen molar-refractivity contribution in [2.45, 2.75) is 6.42 Å². The molecule has 20 heavy (non-hydrogen) atoms. The molecule has 2 rings (SSSR count). The molecule has 1 aromatic carbocycles. The number of carbonyl (C=O) groups excluding carboxylic acids is 2. The molecule has 104 valence electrons. The van der Waals surface area contributed by atoms with Gasteiger partial charge in [0.05, 0.1) is 26.2 Å². The van der Waals surface area contributed by atoms with Crippen LogP contribution in [0.5, 0.6) is 0 Å². The molecule has 5 heteroatoms. The molecule has 0 saturated heterocycles. The highest BCUT2D eigenvalue weighted by Gasteiger charge is 2.15. The van der Waals surface area contributed by atoms with Crippen molar-refractivity contribution < 1.29 is 19.1 Å². The zero-order valence-corrected chi connectivity index (χ0v) is 11.3. The van der Waals surface area contributed by atoms with E-state index in [0.717, 1.165) is 10.9 Å². The van der Waals surface area contributed by atoms with Gasteiger partial charge in [-0.3, -0.25) is 4.79 Å². The summed E-state index contributed by atoms with van der Waals surface area (Å²) in [5, 5.41) is 0.789. The molecular formula is C15H15NO4. The zero-order chi connectivity index (χ0) is 14.5. The molecule has 0 unspecified atom stereocenters. The van der Waals surface area contributed by atoms with E-state index in [4.69, 9.17) is 4.74 Å². The van der Waals surface area contributed by atoms with Crippen molar-refractivity contribution in [3.63, 3.8) is 0 Å². The van der Waals surface area contributed by atoms with Crippen LogP contribution in [0.2, 0.25) is 0 Å².